The average Bonchev–Trinajstić information content (AvgIpc) is 2.72. The zero-order valence-corrected chi connectivity index (χ0v) is 9.91. The Labute approximate surface area is 102 Å². The Kier molecular flexibility index (Phi) is 3.06. The van der Waals surface area contributed by atoms with E-state index in [9.17, 15) is 4.79 Å². The van der Waals surface area contributed by atoms with Gasteiger partial charge in [0.1, 0.15) is 5.69 Å². The van der Waals surface area contributed by atoms with Gasteiger partial charge in [-0.15, -0.1) is 11.8 Å². The Morgan fingerprint density at radius 3 is 2.59 bits per heavy atom. The minimum absolute atomic E-state index is 0.0133. The maximum atomic E-state index is 11.0. The Bertz CT molecular complexity index is 548. The molecule has 1 aromatic heterocycles. The molecule has 0 saturated carbocycles. The summed E-state index contributed by atoms with van der Waals surface area (Å²) in [6.45, 7) is 0. The maximum absolute atomic E-state index is 11.0. The van der Waals surface area contributed by atoms with Gasteiger partial charge in [0.2, 0.25) is 0 Å². The van der Waals surface area contributed by atoms with E-state index in [2.05, 4.69) is 9.97 Å². The Hall–Kier alpha value is -1.95. The summed E-state index contributed by atoms with van der Waals surface area (Å²) >= 11 is 1.62. The molecule has 0 fully saturated rings. The number of carbonyl (C=O) groups is 1. The maximum Gasteiger partial charge on any atom is 0.354 e. The molecule has 5 nitrogen and oxygen atoms in total. The number of carboxylic acid groups (broad SMARTS) is 1. The smallest absolute Gasteiger partial charge is 0.354 e. The van der Waals surface area contributed by atoms with Crippen LogP contribution < -0.4 is 5.73 Å². The number of nitrogens with one attached hydrogen (secondary N) is 1. The van der Waals surface area contributed by atoms with Crippen molar-refractivity contribution in [3.8, 4) is 11.3 Å². The van der Waals surface area contributed by atoms with E-state index in [1.54, 1.807) is 11.8 Å². The van der Waals surface area contributed by atoms with Crippen molar-refractivity contribution in [2.45, 2.75) is 4.90 Å². The van der Waals surface area contributed by atoms with Crippen molar-refractivity contribution in [2.75, 3.05) is 12.0 Å². The number of nitrogen functional groups attached to an aromatic ring is 1. The Morgan fingerprint density at radius 1 is 1.41 bits per heavy atom. The number of thioether (sulfide) groups is 1. The van der Waals surface area contributed by atoms with Crippen LogP contribution in [0.3, 0.4) is 0 Å². The van der Waals surface area contributed by atoms with Gasteiger partial charge < -0.3 is 15.8 Å². The summed E-state index contributed by atoms with van der Waals surface area (Å²) < 4.78 is 0. The number of rotatable bonds is 3. The second-order valence-electron chi connectivity index (χ2n) is 3.38. The number of imidazole rings is 1. The third-order valence-corrected chi connectivity index (χ3v) is 3.04. The molecule has 17 heavy (non-hydrogen) atoms. The molecule has 0 aliphatic rings. The van der Waals surface area contributed by atoms with Gasteiger partial charge in [-0.1, -0.05) is 12.1 Å². The van der Waals surface area contributed by atoms with Gasteiger partial charge in [0.25, 0.3) is 0 Å². The summed E-state index contributed by atoms with van der Waals surface area (Å²) in [5, 5.41) is 9.01. The van der Waals surface area contributed by atoms with Crippen LogP contribution in [-0.4, -0.2) is 27.3 Å². The third kappa shape index (κ3) is 2.26. The molecule has 1 heterocycles. The number of nitrogens with two attached hydrogens (primary N) is 1. The first-order chi connectivity index (χ1) is 8.11. The molecule has 6 heteroatoms. The number of benzene rings is 1. The first-order valence-electron chi connectivity index (χ1n) is 4.85. The molecule has 0 amide bonds. The van der Waals surface area contributed by atoms with Gasteiger partial charge >= 0.3 is 5.97 Å². The number of aromatic carboxylic acids is 1. The predicted molar refractivity (Wildman–Crippen MR) is 67.2 cm³/mol. The topological polar surface area (TPSA) is 92.0 Å². The van der Waals surface area contributed by atoms with Gasteiger partial charge in [-0.2, -0.15) is 0 Å². The van der Waals surface area contributed by atoms with E-state index in [0.717, 1.165) is 10.5 Å². The van der Waals surface area contributed by atoms with Crippen LogP contribution in [0.1, 0.15) is 10.5 Å². The standard InChI is InChI=1S/C11H11N3O2S/c1-17-7-4-2-6(3-5-7)8-9(10(15)16)14-11(12)13-8/h2-5H,1H3,(H,15,16)(H3,12,13,14). The van der Waals surface area contributed by atoms with E-state index >= 15 is 0 Å². The van der Waals surface area contributed by atoms with E-state index in [0.29, 0.717) is 5.69 Å². The van der Waals surface area contributed by atoms with Crippen molar-refractivity contribution in [3.63, 3.8) is 0 Å². The molecule has 0 atom stereocenters. The van der Waals surface area contributed by atoms with Crippen LogP contribution in [0.5, 0.6) is 0 Å². The van der Waals surface area contributed by atoms with Gasteiger partial charge in [-0.25, -0.2) is 9.78 Å². The molecular formula is C11H11N3O2S. The third-order valence-electron chi connectivity index (χ3n) is 2.30. The van der Waals surface area contributed by atoms with Crippen LogP contribution in [0, 0.1) is 0 Å². The minimum atomic E-state index is -1.07. The number of nitrogens with zero attached hydrogens (tertiary/aromatic N) is 1. The van der Waals surface area contributed by atoms with E-state index < -0.39 is 5.97 Å². The van der Waals surface area contributed by atoms with Crippen molar-refractivity contribution in [2.24, 2.45) is 0 Å². The summed E-state index contributed by atoms with van der Waals surface area (Å²) in [7, 11) is 0. The van der Waals surface area contributed by atoms with Crippen molar-refractivity contribution in [3.05, 3.63) is 30.0 Å². The molecule has 0 bridgehead atoms. The van der Waals surface area contributed by atoms with Crippen molar-refractivity contribution < 1.29 is 9.90 Å². The molecule has 0 saturated heterocycles. The summed E-state index contributed by atoms with van der Waals surface area (Å²) in [4.78, 5) is 18.6. The SMILES string of the molecule is CSc1ccc(-c2nc(N)[nH]c2C(=O)O)cc1. The van der Waals surface area contributed by atoms with Crippen molar-refractivity contribution >= 4 is 23.7 Å². The summed E-state index contributed by atoms with van der Waals surface area (Å²) in [5.41, 5.74) is 6.58. The molecule has 0 aliphatic carbocycles. The lowest BCUT2D eigenvalue weighted by molar-refractivity contribution is 0.0692. The highest BCUT2D eigenvalue weighted by atomic mass is 32.2. The highest BCUT2D eigenvalue weighted by Crippen LogP contribution is 2.25. The van der Waals surface area contributed by atoms with Crippen LogP contribution in [-0.2, 0) is 0 Å². The molecule has 2 aromatic rings. The Morgan fingerprint density at radius 2 is 2.06 bits per heavy atom. The first kappa shape index (κ1) is 11.5. The fourth-order valence-electron chi connectivity index (χ4n) is 1.50. The van der Waals surface area contributed by atoms with Gasteiger partial charge in [0.05, 0.1) is 0 Å². The number of aromatic nitrogens is 2. The highest BCUT2D eigenvalue weighted by Gasteiger charge is 2.16. The zero-order valence-electron chi connectivity index (χ0n) is 9.10. The number of hydrogen-bond donors (Lipinski definition) is 3. The second kappa shape index (κ2) is 4.50. The van der Waals surface area contributed by atoms with Crippen molar-refractivity contribution in [1.29, 1.82) is 0 Å². The number of H-pyrrole nitrogens is 1. The van der Waals surface area contributed by atoms with Gasteiger partial charge in [0.15, 0.2) is 11.6 Å². The van der Waals surface area contributed by atoms with Crippen LogP contribution in [0.25, 0.3) is 11.3 Å². The molecule has 0 unspecified atom stereocenters. The number of carboxylic acids is 1. The van der Waals surface area contributed by atoms with Crippen molar-refractivity contribution in [1.82, 2.24) is 9.97 Å². The number of anilines is 1. The molecule has 0 aliphatic heterocycles. The molecular weight excluding hydrogens is 238 g/mol. The summed E-state index contributed by atoms with van der Waals surface area (Å²) in [5.74, 6) is -0.968. The van der Waals surface area contributed by atoms with E-state index in [1.165, 1.54) is 0 Å². The molecule has 0 radical (unpaired) electrons. The predicted octanol–water partition coefficient (Wildman–Crippen LogP) is 2.08. The fraction of sp³-hybridized carbons (Fsp3) is 0.0909. The van der Waals surface area contributed by atoms with E-state index in [-0.39, 0.29) is 11.6 Å². The zero-order chi connectivity index (χ0) is 12.4. The minimum Gasteiger partial charge on any atom is -0.477 e. The lowest BCUT2D eigenvalue weighted by atomic mass is 10.1. The molecule has 0 spiro atoms. The largest absolute Gasteiger partial charge is 0.477 e. The second-order valence-corrected chi connectivity index (χ2v) is 4.26. The van der Waals surface area contributed by atoms with Crippen LogP contribution in [0.4, 0.5) is 5.95 Å². The lowest BCUT2D eigenvalue weighted by Crippen LogP contribution is -1.99. The number of aromatic amines is 1. The monoisotopic (exact) mass is 249 g/mol. The van der Waals surface area contributed by atoms with Crippen LogP contribution in [0.15, 0.2) is 29.2 Å². The lowest BCUT2D eigenvalue weighted by Gasteiger charge is -2.00. The summed E-state index contributed by atoms with van der Waals surface area (Å²) in [6.07, 6.45) is 1.98. The first-order valence-corrected chi connectivity index (χ1v) is 6.07. The van der Waals surface area contributed by atoms with E-state index in [4.69, 9.17) is 10.8 Å². The number of hydrogen-bond acceptors (Lipinski definition) is 4. The van der Waals surface area contributed by atoms with Gasteiger partial charge in [0, 0.05) is 10.5 Å². The van der Waals surface area contributed by atoms with Gasteiger partial charge in [-0.3, -0.25) is 0 Å². The molecule has 1 aromatic carbocycles. The van der Waals surface area contributed by atoms with Crippen LogP contribution in [0.2, 0.25) is 0 Å². The molecule has 4 N–H and O–H groups in total. The van der Waals surface area contributed by atoms with E-state index in [1.807, 2.05) is 30.5 Å². The average molecular weight is 249 g/mol. The fourth-order valence-corrected chi connectivity index (χ4v) is 1.91. The van der Waals surface area contributed by atoms with Crippen LogP contribution >= 0.6 is 11.8 Å². The quantitative estimate of drug-likeness (QED) is 0.724. The van der Waals surface area contributed by atoms with Gasteiger partial charge in [-0.05, 0) is 18.4 Å². The summed E-state index contributed by atoms with van der Waals surface area (Å²) in [6, 6.07) is 7.48. The Balaban J connectivity index is 2.48. The normalized spacial score (nSPS) is 10.4. The highest BCUT2D eigenvalue weighted by molar-refractivity contribution is 7.98. The molecule has 88 valence electrons. The molecule has 2 rings (SSSR count).